The quantitative estimate of drug-likeness (QED) is 0.896. The van der Waals surface area contributed by atoms with Gasteiger partial charge < -0.3 is 9.73 Å². The van der Waals surface area contributed by atoms with E-state index >= 15 is 0 Å². The Morgan fingerprint density at radius 3 is 2.40 bits per heavy atom. The van der Waals surface area contributed by atoms with Crippen LogP contribution in [-0.4, -0.2) is 40.3 Å². The molecule has 1 aliphatic rings. The minimum absolute atomic E-state index is 0.220. The molecular formula is C15H28N4O. The van der Waals surface area contributed by atoms with E-state index in [-0.39, 0.29) is 5.54 Å². The van der Waals surface area contributed by atoms with Crippen molar-refractivity contribution in [3.05, 3.63) is 11.8 Å². The maximum absolute atomic E-state index is 5.58. The molecule has 20 heavy (non-hydrogen) atoms. The Hall–Kier alpha value is -0.940. The SMILES string of the molecule is CCc1nnc(CN2CCC(CNC(C)(C)C)CC2)o1. The van der Waals surface area contributed by atoms with Crippen molar-refractivity contribution in [1.29, 1.82) is 0 Å². The van der Waals surface area contributed by atoms with Crippen LogP contribution in [-0.2, 0) is 13.0 Å². The monoisotopic (exact) mass is 280 g/mol. The fourth-order valence-corrected chi connectivity index (χ4v) is 2.49. The highest BCUT2D eigenvalue weighted by molar-refractivity contribution is 4.84. The third-order valence-corrected chi connectivity index (χ3v) is 3.80. The number of nitrogens with one attached hydrogen (secondary N) is 1. The van der Waals surface area contributed by atoms with Crippen LogP contribution in [0.25, 0.3) is 0 Å². The zero-order valence-electron chi connectivity index (χ0n) is 13.3. The number of likely N-dealkylation sites (tertiary alicyclic amines) is 1. The first-order chi connectivity index (χ1) is 9.46. The average Bonchev–Trinajstić information content (AvgIpc) is 2.85. The molecule has 1 saturated heterocycles. The molecule has 1 fully saturated rings. The second kappa shape index (κ2) is 6.68. The van der Waals surface area contributed by atoms with Gasteiger partial charge in [0.1, 0.15) is 0 Å². The van der Waals surface area contributed by atoms with E-state index in [2.05, 4.69) is 41.2 Å². The van der Waals surface area contributed by atoms with Crippen molar-refractivity contribution in [3.63, 3.8) is 0 Å². The van der Waals surface area contributed by atoms with E-state index in [1.165, 1.54) is 12.8 Å². The Morgan fingerprint density at radius 1 is 1.20 bits per heavy atom. The second-order valence-corrected chi connectivity index (χ2v) is 6.79. The number of piperidine rings is 1. The second-order valence-electron chi connectivity index (χ2n) is 6.79. The van der Waals surface area contributed by atoms with Crippen LogP contribution in [0.2, 0.25) is 0 Å². The van der Waals surface area contributed by atoms with Gasteiger partial charge in [0.15, 0.2) is 0 Å². The molecule has 5 nitrogen and oxygen atoms in total. The van der Waals surface area contributed by atoms with Crippen LogP contribution < -0.4 is 5.32 Å². The van der Waals surface area contributed by atoms with Crippen LogP contribution in [0.15, 0.2) is 4.42 Å². The molecular weight excluding hydrogens is 252 g/mol. The van der Waals surface area contributed by atoms with Gasteiger partial charge in [-0.05, 0) is 59.2 Å². The largest absolute Gasteiger partial charge is 0.424 e. The highest BCUT2D eigenvalue weighted by Crippen LogP contribution is 2.19. The first-order valence-electron chi connectivity index (χ1n) is 7.75. The molecule has 0 saturated carbocycles. The molecule has 0 atom stereocenters. The molecule has 0 aromatic carbocycles. The Bertz CT molecular complexity index is 402. The summed E-state index contributed by atoms with van der Waals surface area (Å²) in [6, 6.07) is 0. The van der Waals surface area contributed by atoms with Crippen molar-refractivity contribution in [3.8, 4) is 0 Å². The Balaban J connectivity index is 1.71. The molecule has 1 aromatic rings. The van der Waals surface area contributed by atoms with Gasteiger partial charge in [0.2, 0.25) is 11.8 Å². The maximum atomic E-state index is 5.58. The lowest BCUT2D eigenvalue weighted by molar-refractivity contribution is 0.157. The zero-order valence-corrected chi connectivity index (χ0v) is 13.3. The van der Waals surface area contributed by atoms with Crippen LogP contribution in [0.1, 0.15) is 52.3 Å². The predicted octanol–water partition coefficient (Wildman–Crippen LogP) is 2.23. The smallest absolute Gasteiger partial charge is 0.230 e. The van der Waals surface area contributed by atoms with Gasteiger partial charge in [0, 0.05) is 12.0 Å². The van der Waals surface area contributed by atoms with Gasteiger partial charge in [-0.1, -0.05) is 6.92 Å². The topological polar surface area (TPSA) is 54.2 Å². The lowest BCUT2D eigenvalue weighted by atomic mass is 9.95. The predicted molar refractivity (Wildman–Crippen MR) is 79.4 cm³/mol. The summed E-state index contributed by atoms with van der Waals surface area (Å²) in [4.78, 5) is 2.42. The highest BCUT2D eigenvalue weighted by Gasteiger charge is 2.22. The molecule has 2 rings (SSSR count). The van der Waals surface area contributed by atoms with Crippen molar-refractivity contribution in [2.24, 2.45) is 5.92 Å². The van der Waals surface area contributed by atoms with E-state index in [4.69, 9.17) is 4.42 Å². The van der Waals surface area contributed by atoms with Crippen LogP contribution in [0.4, 0.5) is 0 Å². The van der Waals surface area contributed by atoms with Crippen molar-refractivity contribution in [2.45, 2.75) is 59.0 Å². The van der Waals surface area contributed by atoms with E-state index < -0.39 is 0 Å². The molecule has 0 bridgehead atoms. The summed E-state index contributed by atoms with van der Waals surface area (Å²) >= 11 is 0. The van der Waals surface area contributed by atoms with Crippen molar-refractivity contribution < 1.29 is 4.42 Å². The minimum Gasteiger partial charge on any atom is -0.424 e. The molecule has 0 unspecified atom stereocenters. The summed E-state index contributed by atoms with van der Waals surface area (Å²) < 4.78 is 5.58. The summed E-state index contributed by atoms with van der Waals surface area (Å²) in [7, 11) is 0. The number of hydrogen-bond acceptors (Lipinski definition) is 5. The first kappa shape index (κ1) is 15.4. The first-order valence-corrected chi connectivity index (χ1v) is 7.75. The molecule has 0 aliphatic carbocycles. The fraction of sp³-hybridized carbons (Fsp3) is 0.867. The number of rotatable bonds is 5. The van der Waals surface area contributed by atoms with Crippen LogP contribution in [0.3, 0.4) is 0 Å². The molecule has 1 aliphatic heterocycles. The molecule has 1 N–H and O–H groups in total. The van der Waals surface area contributed by atoms with Crippen LogP contribution >= 0.6 is 0 Å². The number of hydrogen-bond donors (Lipinski definition) is 1. The lowest BCUT2D eigenvalue weighted by Gasteiger charge is -2.33. The standard InChI is InChI=1S/C15H28N4O/c1-5-13-17-18-14(20-13)11-19-8-6-12(7-9-19)10-16-15(2,3)4/h12,16H,5-11H2,1-4H3. The third-order valence-electron chi connectivity index (χ3n) is 3.80. The number of aryl methyl sites for hydroxylation is 1. The molecule has 1 aromatic heterocycles. The zero-order chi connectivity index (χ0) is 14.6. The molecule has 5 heteroatoms. The molecule has 0 radical (unpaired) electrons. The fourth-order valence-electron chi connectivity index (χ4n) is 2.49. The minimum atomic E-state index is 0.220. The van der Waals surface area contributed by atoms with E-state index in [1.54, 1.807) is 0 Å². The summed E-state index contributed by atoms with van der Waals surface area (Å²) in [5.41, 5.74) is 0.220. The Morgan fingerprint density at radius 2 is 1.85 bits per heavy atom. The Labute approximate surface area is 122 Å². The maximum Gasteiger partial charge on any atom is 0.230 e. The average molecular weight is 280 g/mol. The highest BCUT2D eigenvalue weighted by atomic mass is 16.4. The molecule has 0 amide bonds. The van der Waals surface area contributed by atoms with Gasteiger partial charge in [0.05, 0.1) is 6.54 Å². The van der Waals surface area contributed by atoms with Crippen molar-refractivity contribution >= 4 is 0 Å². The van der Waals surface area contributed by atoms with Crippen molar-refractivity contribution in [1.82, 2.24) is 20.4 Å². The van der Waals surface area contributed by atoms with Gasteiger partial charge >= 0.3 is 0 Å². The molecule has 2 heterocycles. The molecule has 0 spiro atoms. The van der Waals surface area contributed by atoms with E-state index in [0.717, 1.165) is 50.3 Å². The van der Waals surface area contributed by atoms with Gasteiger partial charge in [-0.2, -0.15) is 0 Å². The number of aromatic nitrogens is 2. The molecule has 114 valence electrons. The number of nitrogens with zero attached hydrogens (tertiary/aromatic N) is 3. The lowest BCUT2D eigenvalue weighted by Crippen LogP contribution is -2.42. The summed E-state index contributed by atoms with van der Waals surface area (Å²) in [6.07, 6.45) is 3.31. The summed E-state index contributed by atoms with van der Waals surface area (Å²) in [5, 5.41) is 11.7. The normalized spacial score (nSPS) is 18.6. The van der Waals surface area contributed by atoms with Gasteiger partial charge in [0.25, 0.3) is 0 Å². The summed E-state index contributed by atoms with van der Waals surface area (Å²) in [6.45, 7) is 12.9. The van der Waals surface area contributed by atoms with Gasteiger partial charge in [-0.3, -0.25) is 4.90 Å². The van der Waals surface area contributed by atoms with Gasteiger partial charge in [-0.15, -0.1) is 10.2 Å². The van der Waals surface area contributed by atoms with E-state index in [1.807, 2.05) is 6.92 Å². The Kier molecular flexibility index (Phi) is 5.16. The van der Waals surface area contributed by atoms with Crippen LogP contribution in [0, 0.1) is 5.92 Å². The van der Waals surface area contributed by atoms with E-state index in [0.29, 0.717) is 0 Å². The van der Waals surface area contributed by atoms with Crippen LogP contribution in [0.5, 0.6) is 0 Å². The van der Waals surface area contributed by atoms with Crippen molar-refractivity contribution in [2.75, 3.05) is 19.6 Å². The van der Waals surface area contributed by atoms with Gasteiger partial charge in [-0.25, -0.2) is 0 Å². The van der Waals surface area contributed by atoms with E-state index in [9.17, 15) is 0 Å². The third kappa shape index (κ3) is 4.87. The summed E-state index contributed by atoms with van der Waals surface area (Å²) in [5.74, 6) is 2.29.